The minimum absolute atomic E-state index is 0.0126. The Hall–Kier alpha value is -2.62. The number of hydrogen-bond acceptors (Lipinski definition) is 6. The maximum Gasteiger partial charge on any atom is 0.305 e. The highest BCUT2D eigenvalue weighted by atomic mass is 16.4. The molecule has 26 heavy (non-hydrogen) atoms. The number of Topliss-reactive ketones (excluding diaryl/α,β-unsaturated/α-hetero) is 1. The van der Waals surface area contributed by atoms with E-state index in [-0.39, 0.29) is 12.5 Å². The number of rotatable bonds is 12. The number of nitrogens with two attached hydrogens (primary N) is 3. The number of carboxylic acids is 1. The molecule has 0 aromatic heterocycles. The number of amides is 1. The third kappa shape index (κ3) is 13.8. The Labute approximate surface area is 154 Å². The van der Waals surface area contributed by atoms with Crippen LogP contribution in [-0.2, 0) is 14.4 Å². The maximum atomic E-state index is 11.8. The Morgan fingerprint density at radius 3 is 2.27 bits per heavy atom. The number of guanidine groups is 1. The quantitative estimate of drug-likeness (QED) is 0.144. The predicted octanol–water partition coefficient (Wildman–Crippen LogP) is -0.955. The highest BCUT2D eigenvalue weighted by molar-refractivity contribution is 5.91. The Kier molecular flexibility index (Phi) is 14.5. The Morgan fingerprint density at radius 2 is 1.81 bits per heavy atom. The summed E-state index contributed by atoms with van der Waals surface area (Å²) in [5.41, 5.74) is 16.8. The first-order valence-corrected chi connectivity index (χ1v) is 8.38. The SMILES string of the molecule is C=C(NCC(=O)NC(CC(=O)O)C(C)=O)C(N)CCCN=C(N)N.CC. The number of carbonyl (C=O) groups is 3. The van der Waals surface area contributed by atoms with Gasteiger partial charge in [-0.25, -0.2) is 0 Å². The lowest BCUT2D eigenvalue weighted by Crippen LogP contribution is -2.45. The Balaban J connectivity index is 0. The van der Waals surface area contributed by atoms with Crippen LogP contribution in [0.15, 0.2) is 17.3 Å². The van der Waals surface area contributed by atoms with Gasteiger partial charge in [-0.2, -0.15) is 0 Å². The standard InChI is InChI=1S/C14H26N6O4.C2H6/c1-8(10(15)4-3-5-18-14(16)17)19-7-12(22)20-11(9(2)21)6-13(23)24;1-2/h10-11,19H,1,3-7,15H2,2H3,(H,20,22)(H,23,24)(H4,16,17,18);1-2H3. The van der Waals surface area contributed by atoms with Gasteiger partial charge in [-0.1, -0.05) is 20.4 Å². The van der Waals surface area contributed by atoms with Gasteiger partial charge in [0.05, 0.1) is 19.0 Å². The summed E-state index contributed by atoms with van der Waals surface area (Å²) in [6.07, 6.45) is 0.753. The van der Waals surface area contributed by atoms with Crippen molar-refractivity contribution < 1.29 is 19.5 Å². The molecule has 0 saturated heterocycles. The van der Waals surface area contributed by atoms with Gasteiger partial charge in [0.1, 0.15) is 0 Å². The normalized spacial score (nSPS) is 11.8. The highest BCUT2D eigenvalue weighted by Gasteiger charge is 2.20. The fourth-order valence-electron chi connectivity index (χ4n) is 1.73. The lowest BCUT2D eigenvalue weighted by Gasteiger charge is -2.18. The van der Waals surface area contributed by atoms with E-state index in [1.807, 2.05) is 13.8 Å². The van der Waals surface area contributed by atoms with E-state index in [1.165, 1.54) is 6.92 Å². The van der Waals surface area contributed by atoms with Gasteiger partial charge in [0.15, 0.2) is 11.7 Å². The molecule has 0 bridgehead atoms. The van der Waals surface area contributed by atoms with Crippen molar-refractivity contribution in [3.8, 4) is 0 Å². The number of nitrogens with one attached hydrogen (secondary N) is 2. The van der Waals surface area contributed by atoms with Crippen LogP contribution >= 0.6 is 0 Å². The molecule has 0 aliphatic carbocycles. The molecule has 0 aromatic carbocycles. The van der Waals surface area contributed by atoms with Crippen LogP contribution in [0.25, 0.3) is 0 Å². The zero-order chi connectivity index (χ0) is 20.7. The van der Waals surface area contributed by atoms with Crippen LogP contribution in [0, 0.1) is 0 Å². The van der Waals surface area contributed by atoms with Crippen LogP contribution in [0.1, 0.15) is 40.0 Å². The van der Waals surface area contributed by atoms with E-state index in [0.717, 1.165) is 0 Å². The van der Waals surface area contributed by atoms with Gasteiger partial charge in [0, 0.05) is 18.3 Å². The van der Waals surface area contributed by atoms with E-state index in [1.54, 1.807) is 0 Å². The second-order valence-corrected chi connectivity index (χ2v) is 5.26. The number of carboxylic acid groups (broad SMARTS) is 1. The van der Waals surface area contributed by atoms with Crippen molar-refractivity contribution in [1.82, 2.24) is 10.6 Å². The number of ketones is 1. The Morgan fingerprint density at radius 1 is 1.23 bits per heavy atom. The number of aliphatic imine (C=N–C) groups is 1. The number of hydrogen-bond donors (Lipinski definition) is 6. The summed E-state index contributed by atoms with van der Waals surface area (Å²) in [5, 5.41) is 13.8. The first-order chi connectivity index (χ1) is 12.1. The monoisotopic (exact) mass is 372 g/mol. The minimum Gasteiger partial charge on any atom is -0.481 e. The van der Waals surface area contributed by atoms with Crippen molar-refractivity contribution in [2.75, 3.05) is 13.1 Å². The molecule has 150 valence electrons. The lowest BCUT2D eigenvalue weighted by molar-refractivity contribution is -0.139. The van der Waals surface area contributed by atoms with Crippen LogP contribution < -0.4 is 27.8 Å². The van der Waals surface area contributed by atoms with Gasteiger partial charge in [-0.05, 0) is 19.8 Å². The summed E-state index contributed by atoms with van der Waals surface area (Å²) in [4.78, 5) is 37.5. The van der Waals surface area contributed by atoms with Gasteiger partial charge in [-0.15, -0.1) is 0 Å². The molecule has 9 N–H and O–H groups in total. The lowest BCUT2D eigenvalue weighted by atomic mass is 10.1. The molecule has 0 fully saturated rings. The van der Waals surface area contributed by atoms with Gasteiger partial charge < -0.3 is 32.9 Å². The van der Waals surface area contributed by atoms with E-state index in [4.69, 9.17) is 22.3 Å². The largest absolute Gasteiger partial charge is 0.481 e. The zero-order valence-corrected chi connectivity index (χ0v) is 15.7. The van der Waals surface area contributed by atoms with Gasteiger partial charge in [0.25, 0.3) is 0 Å². The van der Waals surface area contributed by atoms with Crippen LogP contribution in [0.3, 0.4) is 0 Å². The van der Waals surface area contributed by atoms with Crippen LogP contribution in [0.2, 0.25) is 0 Å². The summed E-state index contributed by atoms with van der Waals surface area (Å²) < 4.78 is 0. The maximum absolute atomic E-state index is 11.8. The Bertz CT molecular complexity index is 503. The van der Waals surface area contributed by atoms with E-state index in [0.29, 0.717) is 25.1 Å². The summed E-state index contributed by atoms with van der Waals surface area (Å²) >= 11 is 0. The number of carbonyl (C=O) groups excluding carboxylic acids is 2. The number of aliphatic carboxylic acids is 1. The van der Waals surface area contributed by atoms with Crippen LogP contribution in [-0.4, -0.2) is 53.9 Å². The van der Waals surface area contributed by atoms with Crippen LogP contribution in [0.5, 0.6) is 0 Å². The highest BCUT2D eigenvalue weighted by Crippen LogP contribution is 2.02. The topological polar surface area (TPSA) is 186 Å². The zero-order valence-electron chi connectivity index (χ0n) is 15.7. The van der Waals surface area contributed by atoms with E-state index >= 15 is 0 Å². The first-order valence-electron chi connectivity index (χ1n) is 8.38. The van der Waals surface area contributed by atoms with Gasteiger partial charge >= 0.3 is 5.97 Å². The van der Waals surface area contributed by atoms with E-state index in [9.17, 15) is 14.4 Å². The third-order valence-electron chi connectivity index (χ3n) is 3.10. The van der Waals surface area contributed by atoms with Crippen molar-refractivity contribution in [2.45, 2.75) is 52.1 Å². The molecular weight excluding hydrogens is 340 g/mol. The molecule has 0 aliphatic heterocycles. The molecule has 10 nitrogen and oxygen atoms in total. The molecule has 2 atom stereocenters. The first kappa shape index (κ1) is 25.6. The fourth-order valence-corrected chi connectivity index (χ4v) is 1.73. The average Bonchev–Trinajstić information content (AvgIpc) is 2.56. The molecule has 1 amide bonds. The van der Waals surface area contributed by atoms with Gasteiger partial charge in [-0.3, -0.25) is 19.4 Å². The molecule has 0 aliphatic rings. The van der Waals surface area contributed by atoms with Crippen molar-refractivity contribution in [3.63, 3.8) is 0 Å². The fraction of sp³-hybridized carbons (Fsp3) is 0.625. The summed E-state index contributed by atoms with van der Waals surface area (Å²) in [5.74, 6) is -2.11. The average molecular weight is 372 g/mol. The smallest absolute Gasteiger partial charge is 0.305 e. The second-order valence-electron chi connectivity index (χ2n) is 5.26. The van der Waals surface area contributed by atoms with Crippen molar-refractivity contribution >= 4 is 23.6 Å². The van der Waals surface area contributed by atoms with Crippen molar-refractivity contribution in [2.24, 2.45) is 22.2 Å². The van der Waals surface area contributed by atoms with E-state index < -0.39 is 36.2 Å². The summed E-state index contributed by atoms with van der Waals surface area (Å²) in [6, 6.07) is -1.45. The molecular formula is C16H32N6O4. The predicted molar refractivity (Wildman–Crippen MR) is 101 cm³/mol. The molecule has 0 aromatic rings. The molecule has 0 saturated carbocycles. The second kappa shape index (κ2) is 14.7. The van der Waals surface area contributed by atoms with Crippen molar-refractivity contribution in [3.05, 3.63) is 12.3 Å². The summed E-state index contributed by atoms with van der Waals surface area (Å²) in [7, 11) is 0. The van der Waals surface area contributed by atoms with Crippen LogP contribution in [0.4, 0.5) is 0 Å². The molecule has 2 unspecified atom stereocenters. The summed E-state index contributed by atoms with van der Waals surface area (Å²) in [6.45, 7) is 9.24. The molecule has 0 radical (unpaired) electrons. The van der Waals surface area contributed by atoms with E-state index in [2.05, 4.69) is 22.2 Å². The van der Waals surface area contributed by atoms with Gasteiger partial charge in [0.2, 0.25) is 5.91 Å². The number of nitrogens with zero attached hydrogens (tertiary/aromatic N) is 1. The third-order valence-corrected chi connectivity index (χ3v) is 3.10. The molecule has 0 heterocycles. The molecule has 0 spiro atoms. The van der Waals surface area contributed by atoms with Crippen molar-refractivity contribution in [1.29, 1.82) is 0 Å². The molecule has 0 rings (SSSR count). The molecule has 10 heteroatoms. The minimum atomic E-state index is -1.17.